The van der Waals surface area contributed by atoms with Crippen LogP contribution in [0.1, 0.15) is 16.8 Å². The Hall–Kier alpha value is -2.70. The fourth-order valence-corrected chi connectivity index (χ4v) is 2.41. The molecule has 3 aromatic rings. The Morgan fingerprint density at radius 1 is 0.958 bits per heavy atom. The second kappa shape index (κ2) is 5.74. The number of alkyl halides is 3. The molecule has 0 spiro atoms. The van der Waals surface area contributed by atoms with E-state index in [9.17, 15) is 27.1 Å². The van der Waals surface area contributed by atoms with Crippen LogP contribution in [0.3, 0.4) is 0 Å². The predicted octanol–water partition coefficient (Wildman–Crippen LogP) is 4.83. The number of nitrogens with zero attached hydrogens (tertiary/aromatic N) is 1. The summed E-state index contributed by atoms with van der Waals surface area (Å²) in [5.41, 5.74) is -0.393. The molecule has 124 valence electrons. The molecule has 0 radical (unpaired) electrons. The van der Waals surface area contributed by atoms with E-state index in [-0.39, 0.29) is 23.1 Å². The van der Waals surface area contributed by atoms with Crippen LogP contribution in [0.25, 0.3) is 10.8 Å². The first kappa shape index (κ1) is 16.2. The molecule has 24 heavy (non-hydrogen) atoms. The van der Waals surface area contributed by atoms with Gasteiger partial charge in [0.05, 0.1) is 10.9 Å². The van der Waals surface area contributed by atoms with Gasteiger partial charge in [-0.3, -0.25) is 4.98 Å². The third-order valence-electron chi connectivity index (χ3n) is 3.66. The average molecular weight is 339 g/mol. The van der Waals surface area contributed by atoms with Crippen LogP contribution in [0.2, 0.25) is 0 Å². The molecule has 1 heterocycles. The molecular formula is C17H10F5NO. The number of phenols is 1. The van der Waals surface area contributed by atoms with Gasteiger partial charge in [0.1, 0.15) is 5.75 Å². The van der Waals surface area contributed by atoms with Gasteiger partial charge in [0.25, 0.3) is 0 Å². The summed E-state index contributed by atoms with van der Waals surface area (Å²) in [6.45, 7) is 0. The van der Waals surface area contributed by atoms with Gasteiger partial charge in [-0.05, 0) is 23.6 Å². The highest BCUT2D eigenvalue weighted by Gasteiger charge is 2.30. The highest BCUT2D eigenvalue weighted by atomic mass is 19.4. The minimum atomic E-state index is -4.49. The number of rotatable bonds is 2. The molecule has 0 atom stereocenters. The lowest BCUT2D eigenvalue weighted by Crippen LogP contribution is -2.06. The van der Waals surface area contributed by atoms with E-state index in [4.69, 9.17) is 0 Å². The normalized spacial score (nSPS) is 11.9. The van der Waals surface area contributed by atoms with Gasteiger partial charge >= 0.3 is 6.18 Å². The number of halogens is 5. The van der Waals surface area contributed by atoms with Crippen LogP contribution in [0.15, 0.2) is 42.6 Å². The number of benzene rings is 2. The molecule has 2 nitrogen and oxygen atoms in total. The number of pyridine rings is 1. The smallest absolute Gasteiger partial charge is 0.417 e. The second-order valence-corrected chi connectivity index (χ2v) is 5.25. The number of phenolic OH excluding ortho intramolecular Hbond substituents is 1. The Morgan fingerprint density at radius 2 is 1.67 bits per heavy atom. The maximum absolute atomic E-state index is 13.9. The standard InChI is InChI=1S/C17H10F5NO/c18-13-6-3-9-1-2-10(16(24)14(9)15(13)19)7-12-5-4-11(8-23-12)17(20,21)22/h1-6,8,24H,7H2. The molecule has 0 saturated heterocycles. The summed E-state index contributed by atoms with van der Waals surface area (Å²) in [6.07, 6.45) is -3.82. The van der Waals surface area contributed by atoms with Gasteiger partial charge in [0.15, 0.2) is 11.6 Å². The quantitative estimate of drug-likeness (QED) is 0.679. The molecular weight excluding hydrogens is 329 g/mol. The lowest BCUT2D eigenvalue weighted by molar-refractivity contribution is -0.137. The van der Waals surface area contributed by atoms with E-state index in [1.54, 1.807) is 0 Å². The minimum Gasteiger partial charge on any atom is -0.507 e. The molecule has 0 aliphatic rings. The lowest BCUT2D eigenvalue weighted by Gasteiger charge is -2.10. The molecule has 0 saturated carbocycles. The van der Waals surface area contributed by atoms with Crippen LogP contribution < -0.4 is 0 Å². The van der Waals surface area contributed by atoms with Crippen LogP contribution in [0.5, 0.6) is 5.75 Å². The highest BCUT2D eigenvalue weighted by molar-refractivity contribution is 5.90. The van der Waals surface area contributed by atoms with Crippen LogP contribution in [0.4, 0.5) is 22.0 Å². The summed E-state index contributed by atoms with van der Waals surface area (Å²) < 4.78 is 64.8. The van der Waals surface area contributed by atoms with E-state index in [1.807, 2.05) is 0 Å². The van der Waals surface area contributed by atoms with E-state index in [2.05, 4.69) is 4.98 Å². The van der Waals surface area contributed by atoms with Crippen LogP contribution in [-0.4, -0.2) is 10.1 Å². The first-order chi connectivity index (χ1) is 11.3. The number of hydrogen-bond acceptors (Lipinski definition) is 2. The monoisotopic (exact) mass is 339 g/mol. The average Bonchev–Trinajstić information content (AvgIpc) is 2.53. The zero-order chi connectivity index (χ0) is 17.5. The number of hydrogen-bond donors (Lipinski definition) is 1. The molecule has 1 N–H and O–H groups in total. The SMILES string of the molecule is Oc1c(Cc2ccc(C(F)(F)F)cn2)ccc2ccc(F)c(F)c12. The second-order valence-electron chi connectivity index (χ2n) is 5.25. The number of fused-ring (bicyclic) bond motifs is 1. The zero-order valence-electron chi connectivity index (χ0n) is 12.0. The van der Waals surface area contributed by atoms with Crippen LogP contribution >= 0.6 is 0 Å². The van der Waals surface area contributed by atoms with Gasteiger partial charge < -0.3 is 5.11 Å². The van der Waals surface area contributed by atoms with Crippen LogP contribution in [0, 0.1) is 11.6 Å². The topological polar surface area (TPSA) is 33.1 Å². The van der Waals surface area contributed by atoms with E-state index in [0.717, 1.165) is 12.1 Å². The van der Waals surface area contributed by atoms with Crippen molar-refractivity contribution in [2.45, 2.75) is 12.6 Å². The van der Waals surface area contributed by atoms with Gasteiger partial charge in [-0.2, -0.15) is 13.2 Å². The van der Waals surface area contributed by atoms with E-state index < -0.39 is 29.1 Å². The van der Waals surface area contributed by atoms with Crippen molar-refractivity contribution in [1.29, 1.82) is 0 Å². The summed E-state index contributed by atoms with van der Waals surface area (Å²) in [5, 5.41) is 10.2. The lowest BCUT2D eigenvalue weighted by atomic mass is 10.0. The van der Waals surface area contributed by atoms with Crippen molar-refractivity contribution in [1.82, 2.24) is 4.98 Å². The van der Waals surface area contributed by atoms with Crippen molar-refractivity contribution >= 4 is 10.8 Å². The molecule has 0 aliphatic carbocycles. The Bertz CT molecular complexity index is 903. The van der Waals surface area contributed by atoms with Crippen molar-refractivity contribution in [3.8, 4) is 5.75 Å². The van der Waals surface area contributed by atoms with Gasteiger partial charge in [-0.15, -0.1) is 0 Å². The largest absolute Gasteiger partial charge is 0.507 e. The maximum atomic E-state index is 13.9. The fraction of sp³-hybridized carbons (Fsp3) is 0.118. The zero-order valence-corrected chi connectivity index (χ0v) is 12.0. The Kier molecular flexibility index (Phi) is 3.87. The first-order valence-corrected chi connectivity index (χ1v) is 6.88. The summed E-state index contributed by atoms with van der Waals surface area (Å²) in [4.78, 5) is 3.70. The fourth-order valence-electron chi connectivity index (χ4n) is 2.41. The number of aromatic nitrogens is 1. The van der Waals surface area contributed by atoms with Crippen molar-refractivity contribution in [3.05, 3.63) is 71.1 Å². The highest BCUT2D eigenvalue weighted by Crippen LogP contribution is 2.33. The van der Waals surface area contributed by atoms with Gasteiger partial charge in [0.2, 0.25) is 0 Å². The third kappa shape index (κ3) is 2.89. The summed E-state index contributed by atoms with van der Waals surface area (Å²) in [6, 6.07) is 7.32. The summed E-state index contributed by atoms with van der Waals surface area (Å²) >= 11 is 0. The molecule has 2 aromatic carbocycles. The molecule has 0 aliphatic heterocycles. The first-order valence-electron chi connectivity index (χ1n) is 6.88. The van der Waals surface area contributed by atoms with Crippen molar-refractivity contribution in [3.63, 3.8) is 0 Å². The Morgan fingerprint density at radius 3 is 2.29 bits per heavy atom. The van der Waals surface area contributed by atoms with Crippen molar-refractivity contribution in [2.75, 3.05) is 0 Å². The Balaban J connectivity index is 1.99. The van der Waals surface area contributed by atoms with E-state index in [0.29, 0.717) is 11.6 Å². The van der Waals surface area contributed by atoms with Gasteiger partial charge in [0, 0.05) is 23.9 Å². The minimum absolute atomic E-state index is 0.0180. The van der Waals surface area contributed by atoms with Crippen molar-refractivity contribution < 1.29 is 27.1 Å². The van der Waals surface area contributed by atoms with Gasteiger partial charge in [-0.25, -0.2) is 8.78 Å². The van der Waals surface area contributed by atoms with Crippen molar-refractivity contribution in [2.24, 2.45) is 0 Å². The molecule has 1 aromatic heterocycles. The molecule has 7 heteroatoms. The maximum Gasteiger partial charge on any atom is 0.417 e. The number of aromatic hydroxyl groups is 1. The molecule has 0 bridgehead atoms. The molecule has 0 amide bonds. The molecule has 3 rings (SSSR count). The Labute approximate surface area is 133 Å². The predicted molar refractivity (Wildman–Crippen MR) is 77.6 cm³/mol. The van der Waals surface area contributed by atoms with E-state index >= 15 is 0 Å². The summed E-state index contributed by atoms with van der Waals surface area (Å²) in [5.74, 6) is -2.72. The van der Waals surface area contributed by atoms with E-state index in [1.165, 1.54) is 24.3 Å². The van der Waals surface area contributed by atoms with Gasteiger partial charge in [-0.1, -0.05) is 18.2 Å². The van der Waals surface area contributed by atoms with Crippen LogP contribution in [-0.2, 0) is 12.6 Å². The summed E-state index contributed by atoms with van der Waals surface area (Å²) in [7, 11) is 0. The molecule has 0 unspecified atom stereocenters. The third-order valence-corrected chi connectivity index (χ3v) is 3.66. The molecule has 0 fully saturated rings.